The molecule has 1 aliphatic heterocycles. The maximum Gasteiger partial charge on any atom is 0.0586 e. The fourth-order valence-corrected chi connectivity index (χ4v) is 5.46. The number of benzene rings is 1. The minimum absolute atomic E-state index is 0.248. The number of hydrogen-bond donors (Lipinski definition) is 2. The zero-order valence-electron chi connectivity index (χ0n) is 11.9. The number of rotatable bonds is 4. The molecule has 1 aromatic rings. The van der Waals surface area contributed by atoms with Crippen LogP contribution >= 0.6 is 23.5 Å². The van der Waals surface area contributed by atoms with Crippen LogP contribution in [-0.4, -0.2) is 21.5 Å². The van der Waals surface area contributed by atoms with E-state index < -0.39 is 0 Å². The van der Waals surface area contributed by atoms with Crippen LogP contribution < -0.4 is 11.3 Å². The second-order valence-corrected chi connectivity index (χ2v) is 8.19. The van der Waals surface area contributed by atoms with Gasteiger partial charge in [0.25, 0.3) is 0 Å². The Balaban J connectivity index is 2.10. The quantitative estimate of drug-likeness (QED) is 0.660. The van der Waals surface area contributed by atoms with Crippen molar-refractivity contribution in [2.24, 2.45) is 5.84 Å². The summed E-state index contributed by atoms with van der Waals surface area (Å²) >= 11 is 4.13. The first-order valence-electron chi connectivity index (χ1n) is 6.97. The van der Waals surface area contributed by atoms with E-state index in [0.29, 0.717) is 10.5 Å². The summed E-state index contributed by atoms with van der Waals surface area (Å²) in [5.41, 5.74) is 5.71. The average molecular weight is 297 g/mol. The molecule has 2 rings (SSSR count). The van der Waals surface area contributed by atoms with Gasteiger partial charge in [-0.05, 0) is 17.5 Å². The van der Waals surface area contributed by atoms with Gasteiger partial charge in [-0.25, -0.2) is 0 Å². The molecule has 4 unspecified atom stereocenters. The number of thioether (sulfide) groups is 2. The summed E-state index contributed by atoms with van der Waals surface area (Å²) in [6.07, 6.45) is 1.09. The van der Waals surface area contributed by atoms with Crippen LogP contribution in [0.15, 0.2) is 24.3 Å². The van der Waals surface area contributed by atoms with Crippen LogP contribution in [0.1, 0.15) is 37.9 Å². The van der Waals surface area contributed by atoms with Crippen LogP contribution in [-0.2, 0) is 6.42 Å². The highest BCUT2D eigenvalue weighted by atomic mass is 32.2. The molecule has 0 radical (unpaired) electrons. The van der Waals surface area contributed by atoms with Crippen molar-refractivity contribution >= 4 is 23.5 Å². The predicted molar refractivity (Wildman–Crippen MR) is 88.6 cm³/mol. The largest absolute Gasteiger partial charge is 0.271 e. The van der Waals surface area contributed by atoms with Gasteiger partial charge in [-0.2, -0.15) is 23.5 Å². The van der Waals surface area contributed by atoms with Crippen molar-refractivity contribution in [1.29, 1.82) is 0 Å². The minimum Gasteiger partial charge on any atom is -0.271 e. The standard InChI is InChI=1S/C15H24N2S2/c1-4-12-5-7-13(8-6-12)15(17-16)14-9-18-10(2)11(3)19-14/h5-8,10-11,14-15,17H,4,9,16H2,1-3H3. The lowest BCUT2D eigenvalue weighted by atomic mass is 10.0. The van der Waals surface area contributed by atoms with Crippen molar-refractivity contribution in [3.05, 3.63) is 35.4 Å². The molecule has 0 saturated carbocycles. The van der Waals surface area contributed by atoms with E-state index in [4.69, 9.17) is 5.84 Å². The van der Waals surface area contributed by atoms with Gasteiger partial charge in [-0.1, -0.05) is 45.0 Å². The van der Waals surface area contributed by atoms with Crippen molar-refractivity contribution in [2.45, 2.75) is 49.0 Å². The molecule has 0 aliphatic carbocycles. The topological polar surface area (TPSA) is 38.0 Å². The fourth-order valence-electron chi connectivity index (χ4n) is 2.36. The van der Waals surface area contributed by atoms with Gasteiger partial charge in [0, 0.05) is 21.5 Å². The molecule has 1 aromatic carbocycles. The molecule has 19 heavy (non-hydrogen) atoms. The second kappa shape index (κ2) is 7.02. The number of nitrogens with two attached hydrogens (primary N) is 1. The van der Waals surface area contributed by atoms with Gasteiger partial charge >= 0.3 is 0 Å². The molecule has 1 aliphatic rings. The van der Waals surface area contributed by atoms with Gasteiger partial charge in [0.1, 0.15) is 0 Å². The maximum absolute atomic E-state index is 5.81. The third-order valence-electron chi connectivity index (χ3n) is 3.87. The van der Waals surface area contributed by atoms with Crippen LogP contribution in [0.4, 0.5) is 0 Å². The molecule has 1 heterocycles. The second-order valence-electron chi connectivity index (χ2n) is 5.16. The predicted octanol–water partition coefficient (Wildman–Crippen LogP) is 3.38. The third-order valence-corrected chi connectivity index (χ3v) is 7.37. The molecule has 1 saturated heterocycles. The van der Waals surface area contributed by atoms with E-state index in [0.717, 1.165) is 11.7 Å². The highest BCUT2D eigenvalue weighted by molar-refractivity contribution is 8.07. The Labute approximate surface area is 125 Å². The van der Waals surface area contributed by atoms with Crippen LogP contribution in [0.25, 0.3) is 0 Å². The zero-order chi connectivity index (χ0) is 13.8. The third kappa shape index (κ3) is 3.69. The Bertz CT molecular complexity index is 394. The minimum atomic E-state index is 0.248. The Morgan fingerprint density at radius 3 is 2.47 bits per heavy atom. The van der Waals surface area contributed by atoms with Crippen molar-refractivity contribution in [1.82, 2.24) is 5.43 Å². The molecule has 106 valence electrons. The Morgan fingerprint density at radius 2 is 1.95 bits per heavy atom. The van der Waals surface area contributed by atoms with Gasteiger partial charge in [-0.15, -0.1) is 0 Å². The van der Waals surface area contributed by atoms with Gasteiger partial charge in [0.15, 0.2) is 0 Å². The summed E-state index contributed by atoms with van der Waals surface area (Å²) in [5.74, 6) is 6.98. The van der Waals surface area contributed by atoms with E-state index in [1.165, 1.54) is 16.9 Å². The summed E-state index contributed by atoms with van der Waals surface area (Å²) < 4.78 is 0. The SMILES string of the molecule is CCc1ccc(C(NN)C2CSC(C)C(C)S2)cc1. The van der Waals surface area contributed by atoms with E-state index in [9.17, 15) is 0 Å². The lowest BCUT2D eigenvalue weighted by Gasteiger charge is -2.35. The summed E-state index contributed by atoms with van der Waals surface area (Å²) in [4.78, 5) is 0. The van der Waals surface area contributed by atoms with Crippen molar-refractivity contribution in [3.63, 3.8) is 0 Å². The van der Waals surface area contributed by atoms with Gasteiger partial charge in [0.05, 0.1) is 6.04 Å². The fraction of sp³-hybridized carbons (Fsp3) is 0.600. The number of hydrazine groups is 1. The molecule has 4 heteroatoms. The molecule has 1 fully saturated rings. The molecule has 0 bridgehead atoms. The van der Waals surface area contributed by atoms with E-state index in [-0.39, 0.29) is 6.04 Å². The monoisotopic (exact) mass is 296 g/mol. The molecule has 0 amide bonds. The first kappa shape index (κ1) is 15.2. The Morgan fingerprint density at radius 1 is 1.26 bits per heavy atom. The molecule has 4 atom stereocenters. The lowest BCUT2D eigenvalue weighted by molar-refractivity contribution is 0.549. The highest BCUT2D eigenvalue weighted by Crippen LogP contribution is 2.40. The zero-order valence-corrected chi connectivity index (χ0v) is 13.6. The van der Waals surface area contributed by atoms with Gasteiger partial charge < -0.3 is 0 Å². The molecule has 0 spiro atoms. The number of aryl methyl sites for hydroxylation is 1. The average Bonchev–Trinajstić information content (AvgIpc) is 2.44. The van der Waals surface area contributed by atoms with Crippen LogP contribution in [0, 0.1) is 0 Å². The first-order chi connectivity index (χ1) is 9.15. The smallest absolute Gasteiger partial charge is 0.0586 e. The van der Waals surface area contributed by atoms with Gasteiger partial charge in [0.2, 0.25) is 0 Å². The highest BCUT2D eigenvalue weighted by Gasteiger charge is 2.31. The molecular formula is C15H24N2S2. The number of hydrogen-bond acceptors (Lipinski definition) is 4. The van der Waals surface area contributed by atoms with E-state index in [1.54, 1.807) is 0 Å². The van der Waals surface area contributed by atoms with Crippen molar-refractivity contribution in [2.75, 3.05) is 5.75 Å². The maximum atomic E-state index is 5.81. The summed E-state index contributed by atoms with van der Waals surface area (Å²) in [5, 5.41) is 1.98. The summed E-state index contributed by atoms with van der Waals surface area (Å²) in [6, 6.07) is 9.12. The lowest BCUT2D eigenvalue weighted by Crippen LogP contribution is -2.40. The van der Waals surface area contributed by atoms with Crippen molar-refractivity contribution in [3.8, 4) is 0 Å². The molecule has 0 aromatic heterocycles. The van der Waals surface area contributed by atoms with E-state index in [2.05, 4.69) is 74.0 Å². The van der Waals surface area contributed by atoms with Gasteiger partial charge in [-0.3, -0.25) is 11.3 Å². The molecule has 2 nitrogen and oxygen atoms in total. The molecule has 3 N–H and O–H groups in total. The Hall–Kier alpha value is -0.160. The van der Waals surface area contributed by atoms with Crippen LogP contribution in [0.2, 0.25) is 0 Å². The van der Waals surface area contributed by atoms with E-state index >= 15 is 0 Å². The van der Waals surface area contributed by atoms with Crippen LogP contribution in [0.3, 0.4) is 0 Å². The number of nitrogens with one attached hydrogen (secondary N) is 1. The van der Waals surface area contributed by atoms with Crippen LogP contribution in [0.5, 0.6) is 0 Å². The Kier molecular flexibility index (Phi) is 5.63. The van der Waals surface area contributed by atoms with E-state index in [1.807, 2.05) is 0 Å². The summed E-state index contributed by atoms with van der Waals surface area (Å²) in [6.45, 7) is 6.83. The first-order valence-corrected chi connectivity index (χ1v) is 8.97. The van der Waals surface area contributed by atoms with Crippen molar-refractivity contribution < 1.29 is 0 Å². The normalized spacial score (nSPS) is 29.2. The molecular weight excluding hydrogens is 272 g/mol. The summed E-state index contributed by atoms with van der Waals surface area (Å²) in [7, 11) is 0.